The van der Waals surface area contributed by atoms with Gasteiger partial charge in [-0.05, 0) is 36.1 Å². The van der Waals surface area contributed by atoms with Gasteiger partial charge in [-0.3, -0.25) is 14.8 Å². The number of benzene rings is 1. The molecule has 2 aliphatic rings. The Hall–Kier alpha value is -3.75. The molecular formula is C25H21F3N4O2. The van der Waals surface area contributed by atoms with E-state index in [0.29, 0.717) is 12.5 Å². The summed E-state index contributed by atoms with van der Waals surface area (Å²) in [6.45, 7) is 0.643. The van der Waals surface area contributed by atoms with Crippen molar-refractivity contribution in [2.75, 3.05) is 12.4 Å². The zero-order valence-electron chi connectivity index (χ0n) is 18.3. The molecule has 1 aliphatic carbocycles. The maximum Gasteiger partial charge on any atom is 0.421 e. The van der Waals surface area contributed by atoms with Crippen LogP contribution in [0.25, 0.3) is 11.1 Å². The number of hydrogen-bond acceptors (Lipinski definition) is 5. The van der Waals surface area contributed by atoms with Crippen LogP contribution in [0.3, 0.4) is 0 Å². The summed E-state index contributed by atoms with van der Waals surface area (Å²) < 4.78 is 44.2. The number of pyridine rings is 2. The second-order valence-electron chi connectivity index (χ2n) is 8.39. The van der Waals surface area contributed by atoms with Crippen LogP contribution in [0.4, 0.5) is 18.9 Å². The zero-order valence-corrected chi connectivity index (χ0v) is 18.3. The van der Waals surface area contributed by atoms with Crippen molar-refractivity contribution in [3.63, 3.8) is 0 Å². The van der Waals surface area contributed by atoms with Gasteiger partial charge in [-0.1, -0.05) is 24.3 Å². The number of alkyl halides is 3. The smallest absolute Gasteiger partial charge is 0.421 e. The summed E-state index contributed by atoms with van der Waals surface area (Å²) >= 11 is 0. The highest BCUT2D eigenvalue weighted by molar-refractivity contribution is 6.06. The van der Waals surface area contributed by atoms with Gasteiger partial charge in [0.15, 0.2) is 0 Å². The third kappa shape index (κ3) is 4.50. The molecule has 5 rings (SSSR count). The molecule has 0 unspecified atom stereocenters. The van der Waals surface area contributed by atoms with E-state index >= 15 is 0 Å². The lowest BCUT2D eigenvalue weighted by molar-refractivity contribution is -0.139. The van der Waals surface area contributed by atoms with Gasteiger partial charge in [-0.2, -0.15) is 13.2 Å². The van der Waals surface area contributed by atoms with E-state index in [1.165, 1.54) is 18.6 Å². The Labute approximate surface area is 193 Å². The van der Waals surface area contributed by atoms with Crippen molar-refractivity contribution in [3.05, 3.63) is 71.2 Å². The Morgan fingerprint density at radius 2 is 1.85 bits per heavy atom. The summed E-state index contributed by atoms with van der Waals surface area (Å²) in [5, 5.41) is 2.47. The van der Waals surface area contributed by atoms with Gasteiger partial charge in [-0.15, -0.1) is 0 Å². The van der Waals surface area contributed by atoms with E-state index in [-0.39, 0.29) is 12.1 Å². The monoisotopic (exact) mass is 466 g/mol. The van der Waals surface area contributed by atoms with E-state index < -0.39 is 23.5 Å². The molecule has 1 saturated carbocycles. The minimum absolute atomic E-state index is 0.00852. The van der Waals surface area contributed by atoms with Gasteiger partial charge in [0.2, 0.25) is 11.8 Å². The average Bonchev–Trinajstić information content (AvgIpc) is 3.57. The summed E-state index contributed by atoms with van der Waals surface area (Å²) in [6, 6.07) is 10.4. The highest BCUT2D eigenvalue weighted by atomic mass is 19.4. The van der Waals surface area contributed by atoms with Crippen molar-refractivity contribution >= 4 is 17.3 Å². The topological polar surface area (TPSA) is 76.5 Å². The number of hydrogen-bond donors (Lipinski definition) is 1. The largest absolute Gasteiger partial charge is 0.481 e. The Bertz CT molecular complexity index is 1280. The van der Waals surface area contributed by atoms with Gasteiger partial charge in [0.05, 0.1) is 37.7 Å². The van der Waals surface area contributed by atoms with Gasteiger partial charge >= 0.3 is 6.18 Å². The lowest BCUT2D eigenvalue weighted by atomic mass is 9.99. The fraction of sp³-hybridized carbons (Fsp3) is 0.280. The van der Waals surface area contributed by atoms with Crippen LogP contribution in [-0.4, -0.2) is 28.7 Å². The molecule has 174 valence electrons. The number of fused-ring (bicyclic) bond motifs is 1. The molecule has 1 amide bonds. The summed E-state index contributed by atoms with van der Waals surface area (Å²) in [4.78, 5) is 25.3. The van der Waals surface area contributed by atoms with Crippen molar-refractivity contribution in [3.8, 4) is 17.0 Å². The third-order valence-corrected chi connectivity index (χ3v) is 5.89. The van der Waals surface area contributed by atoms with Crippen LogP contribution in [-0.2, 0) is 23.9 Å². The van der Waals surface area contributed by atoms with Crippen LogP contribution in [0, 0.1) is 5.92 Å². The molecule has 34 heavy (non-hydrogen) atoms. The van der Waals surface area contributed by atoms with Crippen molar-refractivity contribution in [2.45, 2.75) is 32.0 Å². The van der Waals surface area contributed by atoms with E-state index in [1.807, 2.05) is 30.5 Å². The molecule has 6 nitrogen and oxygen atoms in total. The van der Waals surface area contributed by atoms with Crippen LogP contribution in [0.2, 0.25) is 0 Å². The van der Waals surface area contributed by atoms with Crippen LogP contribution >= 0.6 is 0 Å². The lowest BCUT2D eigenvalue weighted by Gasteiger charge is -2.13. The molecular weight excluding hydrogens is 445 g/mol. The van der Waals surface area contributed by atoms with Gasteiger partial charge < -0.3 is 10.1 Å². The van der Waals surface area contributed by atoms with Gasteiger partial charge in [0.1, 0.15) is 5.56 Å². The van der Waals surface area contributed by atoms with E-state index in [1.54, 1.807) is 0 Å². The number of nitrogens with one attached hydrogen (secondary N) is 1. The second-order valence-corrected chi connectivity index (χ2v) is 8.39. The molecule has 1 aromatic carbocycles. The SMILES string of the molecule is COc1ncc(NC(=O)Cc2ccc(-c3cnc4c(c3)C(C3CC3)=NC4)cc2)cc1C(F)(F)F. The maximum absolute atomic E-state index is 13.2. The number of aliphatic imine (C=N–C) groups is 1. The van der Waals surface area contributed by atoms with Crippen molar-refractivity contribution in [2.24, 2.45) is 10.9 Å². The second kappa shape index (κ2) is 8.55. The number of halogens is 3. The molecule has 3 heterocycles. The van der Waals surface area contributed by atoms with Crippen molar-refractivity contribution < 1.29 is 22.7 Å². The first kappa shape index (κ1) is 22.1. The predicted octanol–water partition coefficient (Wildman–Crippen LogP) is 5.06. The molecule has 3 aromatic rings. The first-order chi connectivity index (χ1) is 16.3. The molecule has 1 fully saturated rings. The van der Waals surface area contributed by atoms with E-state index in [0.717, 1.165) is 47.3 Å². The number of methoxy groups -OCH3 is 1. The van der Waals surface area contributed by atoms with Crippen molar-refractivity contribution in [1.82, 2.24) is 9.97 Å². The van der Waals surface area contributed by atoms with Gasteiger partial charge in [0, 0.05) is 29.0 Å². The quantitative estimate of drug-likeness (QED) is 0.551. The molecule has 2 aromatic heterocycles. The lowest BCUT2D eigenvalue weighted by Crippen LogP contribution is -2.16. The van der Waals surface area contributed by atoms with Crippen LogP contribution in [0.5, 0.6) is 5.88 Å². The number of nitrogens with zero attached hydrogens (tertiary/aromatic N) is 3. The number of anilines is 1. The summed E-state index contributed by atoms with van der Waals surface area (Å²) in [6.07, 6.45) is 0.698. The number of rotatable bonds is 6. The maximum atomic E-state index is 13.2. The van der Waals surface area contributed by atoms with Crippen molar-refractivity contribution in [1.29, 1.82) is 0 Å². The molecule has 1 aliphatic heterocycles. The summed E-state index contributed by atoms with van der Waals surface area (Å²) in [5.41, 5.74) is 4.90. The fourth-order valence-corrected chi connectivity index (χ4v) is 4.04. The van der Waals surface area contributed by atoms with E-state index in [2.05, 4.69) is 31.1 Å². The zero-order chi connectivity index (χ0) is 23.9. The molecule has 0 saturated heterocycles. The number of amides is 1. The normalized spacial score (nSPS) is 15.0. The van der Waals surface area contributed by atoms with Gasteiger partial charge in [-0.25, -0.2) is 4.98 Å². The van der Waals surface area contributed by atoms with E-state index in [4.69, 9.17) is 0 Å². The standard InChI is InChI=1S/C25H21F3N4O2/c1-34-24-20(25(26,27)28)10-18(12-31-24)32-22(33)8-14-2-4-15(5-3-14)17-9-19-21(29-11-17)13-30-23(19)16-6-7-16/h2-5,9-12,16H,6-8,13H2,1H3,(H,32,33). The van der Waals surface area contributed by atoms with Crippen LogP contribution in [0.15, 0.2) is 53.8 Å². The highest BCUT2D eigenvalue weighted by Gasteiger charge is 2.36. The minimum atomic E-state index is -4.65. The molecule has 0 atom stereocenters. The van der Waals surface area contributed by atoms with Gasteiger partial charge in [0.25, 0.3) is 0 Å². The highest BCUT2D eigenvalue weighted by Crippen LogP contribution is 2.38. The summed E-state index contributed by atoms with van der Waals surface area (Å²) in [7, 11) is 1.11. The van der Waals surface area contributed by atoms with Crippen LogP contribution < -0.4 is 10.1 Å². The summed E-state index contributed by atoms with van der Waals surface area (Å²) in [5.74, 6) is -0.428. The predicted molar refractivity (Wildman–Crippen MR) is 121 cm³/mol. The Kier molecular flexibility index (Phi) is 5.55. The number of carbonyl (C=O) groups is 1. The number of ether oxygens (including phenoxy) is 1. The Morgan fingerprint density at radius 3 is 2.53 bits per heavy atom. The molecule has 0 spiro atoms. The van der Waals surface area contributed by atoms with E-state index in [9.17, 15) is 18.0 Å². The fourth-order valence-electron chi connectivity index (χ4n) is 4.04. The third-order valence-electron chi connectivity index (χ3n) is 5.89. The molecule has 9 heteroatoms. The Morgan fingerprint density at radius 1 is 1.09 bits per heavy atom. The number of aromatic nitrogens is 2. The minimum Gasteiger partial charge on any atom is -0.481 e. The molecule has 0 bridgehead atoms. The van der Waals surface area contributed by atoms with Crippen LogP contribution in [0.1, 0.15) is 35.2 Å². The first-order valence-electron chi connectivity index (χ1n) is 10.9. The molecule has 1 N–H and O–H groups in total. The average molecular weight is 466 g/mol. The molecule has 0 radical (unpaired) electrons. The Balaban J connectivity index is 1.27. The number of carbonyl (C=O) groups excluding carboxylic acids is 1. The first-order valence-corrected chi connectivity index (χ1v) is 10.9.